The molecule has 0 bridgehead atoms. The number of amides is 2. The van der Waals surface area contributed by atoms with Crippen LogP contribution in [-0.2, 0) is 14.3 Å². The summed E-state index contributed by atoms with van der Waals surface area (Å²) in [6, 6.07) is 14.1. The molecule has 0 heterocycles. The maximum absolute atomic E-state index is 13.0. The van der Waals surface area contributed by atoms with E-state index in [2.05, 4.69) is 10.6 Å². The normalized spacial score (nSPS) is 14.1. The van der Waals surface area contributed by atoms with Crippen LogP contribution >= 0.6 is 0 Å². The van der Waals surface area contributed by atoms with Crippen LogP contribution in [-0.4, -0.2) is 48.7 Å². The number of alkyl carbamates (subject to hydrolysis) is 1. The van der Waals surface area contributed by atoms with Gasteiger partial charge in [-0.3, -0.25) is 9.59 Å². The lowest BCUT2D eigenvalue weighted by atomic mass is 9.98. The largest absolute Gasteiger partial charge is 0.481 e. The summed E-state index contributed by atoms with van der Waals surface area (Å²) in [7, 11) is 0. The SMILES string of the molecule is CC(CCC(=O)O)CNC(=O)C(CC(F)F)NC(=O)OCC1c2ccccc2-c2ccccc21. The number of alkyl halides is 2. The van der Waals surface area contributed by atoms with Gasteiger partial charge in [-0.2, -0.15) is 0 Å². The van der Waals surface area contributed by atoms with E-state index in [9.17, 15) is 23.2 Å². The number of carboxylic acids is 1. The number of hydrogen-bond acceptors (Lipinski definition) is 4. The first-order valence-corrected chi connectivity index (χ1v) is 11.2. The first-order valence-electron chi connectivity index (χ1n) is 11.2. The van der Waals surface area contributed by atoms with Crippen molar-refractivity contribution in [2.24, 2.45) is 5.92 Å². The molecule has 2 aromatic carbocycles. The predicted molar refractivity (Wildman–Crippen MR) is 122 cm³/mol. The molecular weight excluding hydrogens is 446 g/mol. The molecule has 0 saturated carbocycles. The molecule has 0 aromatic heterocycles. The highest BCUT2D eigenvalue weighted by Gasteiger charge is 2.30. The fourth-order valence-corrected chi connectivity index (χ4v) is 4.06. The van der Waals surface area contributed by atoms with Gasteiger partial charge in [-0.15, -0.1) is 0 Å². The molecule has 9 heteroatoms. The first kappa shape index (κ1) is 25.1. The molecule has 0 fully saturated rings. The van der Waals surface area contributed by atoms with Crippen molar-refractivity contribution < 1.29 is 33.0 Å². The Bertz CT molecular complexity index is 984. The van der Waals surface area contributed by atoms with Crippen molar-refractivity contribution in [3.05, 3.63) is 59.7 Å². The third kappa shape index (κ3) is 6.52. The first-order chi connectivity index (χ1) is 16.3. The number of hydrogen-bond donors (Lipinski definition) is 3. The highest BCUT2D eigenvalue weighted by Crippen LogP contribution is 2.44. The van der Waals surface area contributed by atoms with E-state index in [1.54, 1.807) is 6.92 Å². The van der Waals surface area contributed by atoms with Crippen LogP contribution in [0.5, 0.6) is 0 Å². The van der Waals surface area contributed by atoms with Crippen molar-refractivity contribution in [2.75, 3.05) is 13.2 Å². The Balaban J connectivity index is 1.58. The molecule has 1 aliphatic rings. The summed E-state index contributed by atoms with van der Waals surface area (Å²) in [4.78, 5) is 35.5. The number of carbonyl (C=O) groups is 3. The summed E-state index contributed by atoms with van der Waals surface area (Å²) >= 11 is 0. The number of carboxylic acid groups (broad SMARTS) is 1. The zero-order valence-corrected chi connectivity index (χ0v) is 18.8. The number of fused-ring (bicyclic) bond motifs is 3. The lowest BCUT2D eigenvalue weighted by molar-refractivity contribution is -0.137. The van der Waals surface area contributed by atoms with Gasteiger partial charge in [-0.25, -0.2) is 13.6 Å². The molecule has 34 heavy (non-hydrogen) atoms. The molecule has 3 N–H and O–H groups in total. The van der Waals surface area contributed by atoms with E-state index >= 15 is 0 Å². The second-order valence-electron chi connectivity index (χ2n) is 8.43. The second kappa shape index (κ2) is 11.6. The van der Waals surface area contributed by atoms with Crippen LogP contribution in [0.4, 0.5) is 13.6 Å². The molecule has 1 aliphatic carbocycles. The monoisotopic (exact) mass is 474 g/mol. The number of halogens is 2. The van der Waals surface area contributed by atoms with Gasteiger partial charge in [-0.1, -0.05) is 55.5 Å². The Morgan fingerprint density at radius 3 is 2.18 bits per heavy atom. The predicted octanol–water partition coefficient (Wildman–Crippen LogP) is 4.17. The molecule has 7 nitrogen and oxygen atoms in total. The van der Waals surface area contributed by atoms with Crippen LogP contribution in [0.15, 0.2) is 48.5 Å². The van der Waals surface area contributed by atoms with Crippen LogP contribution < -0.4 is 10.6 Å². The van der Waals surface area contributed by atoms with Crippen molar-refractivity contribution in [3.8, 4) is 11.1 Å². The lowest BCUT2D eigenvalue weighted by Crippen LogP contribution is -2.48. The summed E-state index contributed by atoms with van der Waals surface area (Å²) in [6.45, 7) is 1.84. The van der Waals surface area contributed by atoms with Crippen LogP contribution in [0.3, 0.4) is 0 Å². The molecular formula is C25H28F2N2O5. The van der Waals surface area contributed by atoms with Gasteiger partial charge >= 0.3 is 12.1 Å². The van der Waals surface area contributed by atoms with Crippen LogP contribution in [0.2, 0.25) is 0 Å². The molecule has 0 spiro atoms. The van der Waals surface area contributed by atoms with Gasteiger partial charge in [0.25, 0.3) is 0 Å². The van der Waals surface area contributed by atoms with E-state index in [1.165, 1.54) is 0 Å². The van der Waals surface area contributed by atoms with Gasteiger partial charge < -0.3 is 20.5 Å². The molecule has 3 rings (SSSR count). The maximum atomic E-state index is 13.0. The summed E-state index contributed by atoms with van der Waals surface area (Å²) in [5.74, 6) is -2.08. The Labute approximate surface area is 196 Å². The minimum atomic E-state index is -2.81. The topological polar surface area (TPSA) is 105 Å². The Morgan fingerprint density at radius 2 is 1.62 bits per heavy atom. The van der Waals surface area contributed by atoms with Gasteiger partial charge in [0.1, 0.15) is 12.6 Å². The van der Waals surface area contributed by atoms with Gasteiger partial charge in [0.2, 0.25) is 12.3 Å². The van der Waals surface area contributed by atoms with Crippen molar-refractivity contribution >= 4 is 18.0 Å². The average Bonchev–Trinajstić information content (AvgIpc) is 3.13. The van der Waals surface area contributed by atoms with Crippen LogP contribution in [0.25, 0.3) is 11.1 Å². The minimum absolute atomic E-state index is 0.00486. The Morgan fingerprint density at radius 1 is 1.03 bits per heavy atom. The van der Waals surface area contributed by atoms with Crippen LogP contribution in [0, 0.1) is 5.92 Å². The second-order valence-corrected chi connectivity index (χ2v) is 8.43. The van der Waals surface area contributed by atoms with Gasteiger partial charge in [0.15, 0.2) is 0 Å². The molecule has 2 unspecified atom stereocenters. The quantitative estimate of drug-likeness (QED) is 0.454. The molecule has 2 atom stereocenters. The van der Waals surface area contributed by atoms with E-state index < -0.39 is 36.9 Å². The number of aliphatic carboxylic acids is 1. The molecule has 0 saturated heterocycles. The third-order valence-corrected chi connectivity index (χ3v) is 5.84. The summed E-state index contributed by atoms with van der Waals surface area (Å²) < 4.78 is 31.4. The standard InChI is InChI=1S/C25H28F2N2O5/c1-15(10-11-23(30)31)13-28-24(32)21(12-22(26)27)29-25(33)34-14-20-18-8-4-2-6-16(18)17-7-3-5-9-19(17)20/h2-9,15,20-22H,10-14H2,1H3,(H,28,32)(H,29,33)(H,30,31). The van der Waals surface area contributed by atoms with E-state index in [-0.39, 0.29) is 31.4 Å². The molecule has 182 valence electrons. The van der Waals surface area contributed by atoms with E-state index in [0.717, 1.165) is 22.3 Å². The minimum Gasteiger partial charge on any atom is -0.481 e. The van der Waals surface area contributed by atoms with Crippen molar-refractivity contribution in [1.29, 1.82) is 0 Å². The zero-order chi connectivity index (χ0) is 24.7. The average molecular weight is 475 g/mol. The highest BCUT2D eigenvalue weighted by atomic mass is 19.3. The Hall–Kier alpha value is -3.49. The summed E-state index contributed by atoms with van der Waals surface area (Å²) in [5, 5.41) is 13.5. The third-order valence-electron chi connectivity index (χ3n) is 5.84. The van der Waals surface area contributed by atoms with Gasteiger partial charge in [0.05, 0.1) is 0 Å². The number of nitrogens with one attached hydrogen (secondary N) is 2. The fourth-order valence-electron chi connectivity index (χ4n) is 4.06. The van der Waals surface area contributed by atoms with E-state index in [0.29, 0.717) is 6.42 Å². The van der Waals surface area contributed by atoms with Crippen molar-refractivity contribution in [2.45, 2.75) is 44.6 Å². The molecule has 0 aliphatic heterocycles. The molecule has 2 amide bonds. The van der Waals surface area contributed by atoms with Gasteiger partial charge in [-0.05, 0) is 34.6 Å². The lowest BCUT2D eigenvalue weighted by Gasteiger charge is -2.20. The van der Waals surface area contributed by atoms with Gasteiger partial charge in [0, 0.05) is 25.3 Å². The van der Waals surface area contributed by atoms with Crippen molar-refractivity contribution in [3.63, 3.8) is 0 Å². The Kier molecular flexibility index (Phi) is 8.56. The summed E-state index contributed by atoms with van der Waals surface area (Å²) in [6.07, 6.45) is -4.36. The van der Waals surface area contributed by atoms with Crippen molar-refractivity contribution in [1.82, 2.24) is 10.6 Å². The zero-order valence-electron chi connectivity index (χ0n) is 18.8. The number of ether oxygens (including phenoxy) is 1. The number of rotatable bonds is 11. The van der Waals surface area contributed by atoms with E-state index in [4.69, 9.17) is 9.84 Å². The smallest absolute Gasteiger partial charge is 0.407 e. The number of benzene rings is 2. The van der Waals surface area contributed by atoms with Crippen LogP contribution in [0.1, 0.15) is 43.2 Å². The molecule has 0 radical (unpaired) electrons. The summed E-state index contributed by atoms with van der Waals surface area (Å²) in [5.41, 5.74) is 4.13. The number of carbonyl (C=O) groups excluding carboxylic acids is 2. The maximum Gasteiger partial charge on any atom is 0.407 e. The fraction of sp³-hybridized carbons (Fsp3) is 0.400. The highest BCUT2D eigenvalue weighted by molar-refractivity contribution is 5.85. The molecule has 2 aromatic rings. The van der Waals surface area contributed by atoms with E-state index in [1.807, 2.05) is 48.5 Å².